The highest BCUT2D eigenvalue weighted by atomic mass is 35.5. The second kappa shape index (κ2) is 7.11. The quantitative estimate of drug-likeness (QED) is 0.828. The van der Waals surface area contributed by atoms with Gasteiger partial charge >= 0.3 is 0 Å². The monoisotopic (exact) mass is 329 g/mol. The molecule has 1 aliphatic rings. The highest BCUT2D eigenvalue weighted by molar-refractivity contribution is 6.29. The van der Waals surface area contributed by atoms with Crippen molar-refractivity contribution in [2.75, 3.05) is 7.05 Å². The van der Waals surface area contributed by atoms with Crippen LogP contribution in [-0.4, -0.2) is 28.9 Å². The van der Waals surface area contributed by atoms with Crippen LogP contribution in [0.1, 0.15) is 30.0 Å². The maximum atomic E-state index is 12.7. The minimum absolute atomic E-state index is 0.0584. The van der Waals surface area contributed by atoms with Gasteiger partial charge in [-0.25, -0.2) is 4.98 Å². The van der Waals surface area contributed by atoms with E-state index < -0.39 is 0 Å². The fraction of sp³-hybridized carbons (Fsp3) is 0.333. The number of hydrogen-bond donors (Lipinski definition) is 1. The molecule has 1 saturated carbocycles. The second-order valence-corrected chi connectivity index (χ2v) is 6.39. The van der Waals surface area contributed by atoms with Gasteiger partial charge in [-0.2, -0.15) is 0 Å². The van der Waals surface area contributed by atoms with Crippen molar-refractivity contribution in [1.29, 1.82) is 0 Å². The van der Waals surface area contributed by atoms with Gasteiger partial charge in [0.2, 0.25) is 5.91 Å². The van der Waals surface area contributed by atoms with E-state index in [1.165, 1.54) is 0 Å². The molecule has 1 amide bonds. The first-order valence-corrected chi connectivity index (χ1v) is 8.17. The highest BCUT2D eigenvalue weighted by Gasteiger charge is 2.30. The van der Waals surface area contributed by atoms with Crippen LogP contribution in [0.5, 0.6) is 0 Å². The lowest BCUT2D eigenvalue weighted by Gasteiger charge is -2.27. The third-order valence-electron chi connectivity index (χ3n) is 3.95. The highest BCUT2D eigenvalue weighted by Crippen LogP contribution is 2.25. The topological polar surface area (TPSA) is 45.2 Å². The molecule has 0 spiro atoms. The molecule has 1 aromatic heterocycles. The van der Waals surface area contributed by atoms with Crippen LogP contribution in [-0.2, 0) is 11.3 Å². The summed E-state index contributed by atoms with van der Waals surface area (Å²) in [4.78, 5) is 18.8. The number of nitrogens with zero attached hydrogens (tertiary/aromatic N) is 2. The molecule has 1 fully saturated rings. The Morgan fingerprint density at radius 2 is 2.04 bits per heavy atom. The van der Waals surface area contributed by atoms with Crippen LogP contribution < -0.4 is 5.32 Å². The van der Waals surface area contributed by atoms with Gasteiger partial charge in [-0.3, -0.25) is 9.69 Å². The molecule has 0 saturated heterocycles. The van der Waals surface area contributed by atoms with Crippen LogP contribution in [0.25, 0.3) is 0 Å². The van der Waals surface area contributed by atoms with E-state index in [-0.39, 0.29) is 11.9 Å². The number of amides is 1. The van der Waals surface area contributed by atoms with Crippen molar-refractivity contribution in [2.24, 2.45) is 0 Å². The van der Waals surface area contributed by atoms with Gasteiger partial charge in [-0.05, 0) is 37.1 Å². The van der Waals surface area contributed by atoms with Gasteiger partial charge in [-0.1, -0.05) is 48.0 Å². The maximum absolute atomic E-state index is 12.7. The zero-order valence-corrected chi connectivity index (χ0v) is 13.8. The van der Waals surface area contributed by atoms with Crippen molar-refractivity contribution >= 4 is 17.5 Å². The largest absolute Gasteiger partial charge is 0.352 e. The third-order valence-corrected chi connectivity index (χ3v) is 4.17. The minimum Gasteiger partial charge on any atom is -0.352 e. The molecule has 2 aromatic rings. The average Bonchev–Trinajstić information content (AvgIpc) is 3.35. The Morgan fingerprint density at radius 1 is 1.30 bits per heavy atom. The lowest BCUT2D eigenvalue weighted by molar-refractivity contribution is -0.126. The van der Waals surface area contributed by atoms with E-state index >= 15 is 0 Å². The molecule has 3 rings (SSSR count). The normalized spacial score (nSPS) is 15.4. The average molecular weight is 330 g/mol. The van der Waals surface area contributed by atoms with Crippen molar-refractivity contribution in [3.8, 4) is 0 Å². The molecule has 0 bridgehead atoms. The van der Waals surface area contributed by atoms with E-state index in [0.29, 0.717) is 17.7 Å². The molecule has 0 unspecified atom stereocenters. The minimum atomic E-state index is -0.313. The first kappa shape index (κ1) is 16.0. The van der Waals surface area contributed by atoms with Crippen LogP contribution in [0.3, 0.4) is 0 Å². The van der Waals surface area contributed by atoms with E-state index in [1.54, 1.807) is 12.3 Å². The van der Waals surface area contributed by atoms with Gasteiger partial charge in [0.25, 0.3) is 0 Å². The van der Waals surface area contributed by atoms with Gasteiger partial charge in [0.05, 0.1) is 0 Å². The lowest BCUT2D eigenvalue weighted by Crippen LogP contribution is -2.39. The van der Waals surface area contributed by atoms with E-state index in [0.717, 1.165) is 24.0 Å². The van der Waals surface area contributed by atoms with Crippen LogP contribution in [0.15, 0.2) is 48.7 Å². The summed E-state index contributed by atoms with van der Waals surface area (Å²) in [6, 6.07) is 13.6. The fourth-order valence-corrected chi connectivity index (χ4v) is 2.74. The predicted molar refractivity (Wildman–Crippen MR) is 91.1 cm³/mol. The Labute approximate surface area is 141 Å². The number of aromatic nitrogens is 1. The Hall–Kier alpha value is -1.91. The summed E-state index contributed by atoms with van der Waals surface area (Å²) >= 11 is 5.83. The Bertz CT molecular complexity index is 656. The molecular formula is C18H20ClN3O. The first-order valence-electron chi connectivity index (χ1n) is 7.79. The summed E-state index contributed by atoms with van der Waals surface area (Å²) in [5.41, 5.74) is 2.02. The summed E-state index contributed by atoms with van der Waals surface area (Å²) < 4.78 is 0. The number of halogens is 1. The molecule has 120 valence electrons. The van der Waals surface area contributed by atoms with Crippen molar-refractivity contribution in [2.45, 2.75) is 31.5 Å². The maximum Gasteiger partial charge on any atom is 0.242 e. The van der Waals surface area contributed by atoms with Crippen LogP contribution in [0.4, 0.5) is 0 Å². The second-order valence-electron chi connectivity index (χ2n) is 6.00. The molecule has 1 N–H and O–H groups in total. The molecule has 1 heterocycles. The Morgan fingerprint density at radius 3 is 2.65 bits per heavy atom. The molecule has 0 radical (unpaired) electrons. The van der Waals surface area contributed by atoms with Gasteiger partial charge in [-0.15, -0.1) is 0 Å². The van der Waals surface area contributed by atoms with Crippen LogP contribution in [0.2, 0.25) is 5.15 Å². The SMILES string of the molecule is CN(Cc1ccc(Cl)nc1)[C@H](C(=O)NC1CC1)c1ccccc1. The van der Waals surface area contributed by atoms with Gasteiger partial charge in [0.1, 0.15) is 11.2 Å². The van der Waals surface area contributed by atoms with E-state index in [2.05, 4.69) is 10.3 Å². The van der Waals surface area contributed by atoms with E-state index in [4.69, 9.17) is 11.6 Å². The molecule has 0 aliphatic heterocycles. The number of carbonyl (C=O) groups excluding carboxylic acids is 1. The Balaban J connectivity index is 1.78. The summed E-state index contributed by atoms with van der Waals surface area (Å²) in [5.74, 6) is 0.0584. The summed E-state index contributed by atoms with van der Waals surface area (Å²) in [7, 11) is 1.96. The first-order chi connectivity index (χ1) is 11.1. The summed E-state index contributed by atoms with van der Waals surface area (Å²) in [6.45, 7) is 0.627. The van der Waals surface area contributed by atoms with Crippen LogP contribution >= 0.6 is 11.6 Å². The van der Waals surface area contributed by atoms with Gasteiger partial charge in [0, 0.05) is 18.8 Å². The van der Waals surface area contributed by atoms with Crippen molar-refractivity contribution in [3.05, 3.63) is 64.9 Å². The van der Waals surface area contributed by atoms with E-state index in [9.17, 15) is 4.79 Å². The summed E-state index contributed by atoms with van der Waals surface area (Å²) in [5, 5.41) is 3.59. The lowest BCUT2D eigenvalue weighted by atomic mass is 10.0. The number of carbonyl (C=O) groups is 1. The molecular weight excluding hydrogens is 310 g/mol. The molecule has 1 atom stereocenters. The molecule has 23 heavy (non-hydrogen) atoms. The van der Waals surface area contributed by atoms with E-state index in [1.807, 2.05) is 48.3 Å². The van der Waals surface area contributed by atoms with Crippen LogP contribution in [0, 0.1) is 0 Å². The number of likely N-dealkylation sites (N-methyl/N-ethyl adjacent to an activating group) is 1. The standard InChI is InChI=1S/C18H20ClN3O/c1-22(12-13-7-10-16(19)20-11-13)17(14-5-3-2-4-6-14)18(23)21-15-8-9-15/h2-7,10-11,15,17H,8-9,12H2,1H3,(H,21,23)/t17-/m0/s1. The Kier molecular flexibility index (Phi) is 4.94. The number of rotatable bonds is 6. The molecule has 1 aromatic carbocycles. The van der Waals surface area contributed by atoms with Crippen molar-refractivity contribution in [1.82, 2.24) is 15.2 Å². The fourth-order valence-electron chi connectivity index (χ4n) is 2.63. The zero-order valence-electron chi connectivity index (χ0n) is 13.1. The number of pyridine rings is 1. The number of benzene rings is 1. The third kappa shape index (κ3) is 4.30. The van der Waals surface area contributed by atoms with Crippen molar-refractivity contribution < 1.29 is 4.79 Å². The molecule has 4 nitrogen and oxygen atoms in total. The zero-order chi connectivity index (χ0) is 16.2. The molecule has 1 aliphatic carbocycles. The predicted octanol–water partition coefficient (Wildman–Crippen LogP) is 3.19. The summed E-state index contributed by atoms with van der Waals surface area (Å²) in [6.07, 6.45) is 3.91. The number of nitrogens with one attached hydrogen (secondary N) is 1. The van der Waals surface area contributed by atoms with Crippen molar-refractivity contribution in [3.63, 3.8) is 0 Å². The van der Waals surface area contributed by atoms with Gasteiger partial charge < -0.3 is 5.32 Å². The van der Waals surface area contributed by atoms with Gasteiger partial charge in [0.15, 0.2) is 0 Å². The smallest absolute Gasteiger partial charge is 0.242 e. The molecule has 5 heteroatoms. The number of hydrogen-bond acceptors (Lipinski definition) is 3.